The molecule has 180 valence electrons. The molecule has 4 aromatic rings. The average Bonchev–Trinajstić information content (AvgIpc) is 3.38. The van der Waals surface area contributed by atoms with Crippen LogP contribution in [0.15, 0.2) is 78.2 Å². The first-order valence-corrected chi connectivity index (χ1v) is 12.3. The Bertz CT molecular complexity index is 1240. The molecule has 0 fully saturated rings. The van der Waals surface area contributed by atoms with E-state index in [1.807, 2.05) is 78.2 Å². The van der Waals surface area contributed by atoms with E-state index in [1.165, 1.54) is 0 Å². The smallest absolute Gasteiger partial charge is 0.251 e. The monoisotopic (exact) mass is 507 g/mol. The molecule has 0 bridgehead atoms. The first-order chi connectivity index (χ1) is 17.1. The molecule has 0 unspecified atom stereocenters. The van der Waals surface area contributed by atoms with E-state index >= 15 is 0 Å². The number of ether oxygens (including phenoxy) is 2. The van der Waals surface area contributed by atoms with Crippen molar-refractivity contribution in [2.24, 2.45) is 0 Å². The van der Waals surface area contributed by atoms with Gasteiger partial charge in [0, 0.05) is 40.9 Å². The summed E-state index contributed by atoms with van der Waals surface area (Å²) >= 11 is 7.62. The van der Waals surface area contributed by atoms with E-state index in [-0.39, 0.29) is 5.91 Å². The Balaban J connectivity index is 1.58. The van der Waals surface area contributed by atoms with Gasteiger partial charge in [-0.15, -0.1) is 11.3 Å². The lowest BCUT2D eigenvalue weighted by Gasteiger charge is -2.22. The van der Waals surface area contributed by atoms with E-state index in [1.54, 1.807) is 25.6 Å². The standard InChI is InChI=1S/C27H26ClN3O3S/c1-33-16-15-29-26(32)21-5-3-19(4-6-21)17-31(23-11-13-24(34-2)14-12-23)27-30-25(18-35-27)20-7-9-22(28)10-8-20/h3-14,18H,15-17H2,1-2H3,(H,29,32). The Hall–Kier alpha value is -3.39. The molecule has 1 amide bonds. The summed E-state index contributed by atoms with van der Waals surface area (Å²) in [4.78, 5) is 19.4. The maximum atomic E-state index is 12.3. The maximum Gasteiger partial charge on any atom is 0.251 e. The Morgan fingerprint density at radius 3 is 2.37 bits per heavy atom. The summed E-state index contributed by atoms with van der Waals surface area (Å²) in [6.45, 7) is 1.54. The van der Waals surface area contributed by atoms with Crippen LogP contribution in [-0.2, 0) is 11.3 Å². The number of nitrogens with zero attached hydrogens (tertiary/aromatic N) is 2. The van der Waals surface area contributed by atoms with Crippen LogP contribution in [0.2, 0.25) is 5.02 Å². The van der Waals surface area contributed by atoms with Crippen LogP contribution in [0.3, 0.4) is 0 Å². The van der Waals surface area contributed by atoms with Crippen molar-refractivity contribution in [2.75, 3.05) is 32.3 Å². The molecule has 1 heterocycles. The van der Waals surface area contributed by atoms with E-state index in [9.17, 15) is 4.79 Å². The van der Waals surface area contributed by atoms with Gasteiger partial charge in [-0.1, -0.05) is 35.9 Å². The molecule has 0 radical (unpaired) electrons. The van der Waals surface area contributed by atoms with Crippen molar-refractivity contribution in [2.45, 2.75) is 6.54 Å². The molecule has 0 aliphatic heterocycles. The van der Waals surface area contributed by atoms with Crippen LogP contribution in [0, 0.1) is 0 Å². The number of rotatable bonds is 10. The van der Waals surface area contributed by atoms with Gasteiger partial charge >= 0.3 is 0 Å². The van der Waals surface area contributed by atoms with Crippen LogP contribution in [0.25, 0.3) is 11.3 Å². The molecule has 6 nitrogen and oxygen atoms in total. The molecule has 4 rings (SSSR count). The van der Waals surface area contributed by atoms with Gasteiger partial charge in [0.1, 0.15) is 5.75 Å². The van der Waals surface area contributed by atoms with Crippen molar-refractivity contribution in [3.05, 3.63) is 94.3 Å². The quantitative estimate of drug-likeness (QED) is 0.259. The maximum absolute atomic E-state index is 12.3. The summed E-state index contributed by atoms with van der Waals surface area (Å²) in [6, 6.07) is 23.2. The summed E-state index contributed by atoms with van der Waals surface area (Å²) in [7, 11) is 3.26. The third-order valence-electron chi connectivity index (χ3n) is 5.40. The highest BCUT2D eigenvalue weighted by Crippen LogP contribution is 2.34. The number of halogens is 1. The molecule has 0 saturated heterocycles. The van der Waals surface area contributed by atoms with Gasteiger partial charge in [-0.25, -0.2) is 4.98 Å². The van der Waals surface area contributed by atoms with Gasteiger partial charge < -0.3 is 19.7 Å². The minimum atomic E-state index is -0.117. The van der Waals surface area contributed by atoms with Gasteiger partial charge in [0.2, 0.25) is 0 Å². The Morgan fingerprint density at radius 1 is 1.00 bits per heavy atom. The van der Waals surface area contributed by atoms with Gasteiger partial charge in [0.15, 0.2) is 5.13 Å². The largest absolute Gasteiger partial charge is 0.497 e. The molecule has 0 atom stereocenters. The third-order valence-corrected chi connectivity index (χ3v) is 6.51. The van der Waals surface area contributed by atoms with Crippen LogP contribution in [0.1, 0.15) is 15.9 Å². The molecule has 0 saturated carbocycles. The van der Waals surface area contributed by atoms with Crippen LogP contribution in [0.4, 0.5) is 10.8 Å². The van der Waals surface area contributed by atoms with Crippen LogP contribution < -0.4 is 15.0 Å². The number of aromatic nitrogens is 1. The van der Waals surface area contributed by atoms with E-state index in [2.05, 4.69) is 10.2 Å². The third kappa shape index (κ3) is 6.39. The predicted octanol–water partition coefficient (Wildman–Crippen LogP) is 6.19. The van der Waals surface area contributed by atoms with Crippen LogP contribution in [0.5, 0.6) is 5.75 Å². The lowest BCUT2D eigenvalue weighted by molar-refractivity contribution is 0.0937. The summed E-state index contributed by atoms with van der Waals surface area (Å²) in [5.74, 6) is 0.673. The zero-order valence-electron chi connectivity index (χ0n) is 19.5. The molecule has 3 aromatic carbocycles. The fourth-order valence-electron chi connectivity index (χ4n) is 3.49. The second kappa shape index (κ2) is 11.8. The van der Waals surface area contributed by atoms with Gasteiger partial charge in [0.05, 0.1) is 26.0 Å². The van der Waals surface area contributed by atoms with E-state index in [0.29, 0.717) is 30.3 Å². The number of hydrogen-bond acceptors (Lipinski definition) is 6. The number of hydrogen-bond donors (Lipinski definition) is 1. The van der Waals surface area contributed by atoms with Crippen molar-refractivity contribution in [1.82, 2.24) is 10.3 Å². The number of carbonyl (C=O) groups is 1. The highest BCUT2D eigenvalue weighted by atomic mass is 35.5. The first-order valence-electron chi connectivity index (χ1n) is 11.1. The lowest BCUT2D eigenvalue weighted by Crippen LogP contribution is -2.26. The zero-order chi connectivity index (χ0) is 24.6. The molecular formula is C27H26ClN3O3S. The van der Waals surface area contributed by atoms with Gasteiger partial charge in [-0.2, -0.15) is 0 Å². The molecule has 1 aromatic heterocycles. The van der Waals surface area contributed by atoms with Crippen molar-refractivity contribution >= 4 is 39.7 Å². The number of amides is 1. The van der Waals surface area contributed by atoms with Crippen molar-refractivity contribution in [3.63, 3.8) is 0 Å². The van der Waals surface area contributed by atoms with Crippen molar-refractivity contribution < 1.29 is 14.3 Å². The van der Waals surface area contributed by atoms with E-state index in [0.717, 1.165) is 33.4 Å². The Morgan fingerprint density at radius 2 is 1.71 bits per heavy atom. The molecule has 0 aliphatic rings. The number of anilines is 2. The molecular weight excluding hydrogens is 482 g/mol. The van der Waals surface area contributed by atoms with E-state index < -0.39 is 0 Å². The Kier molecular flexibility index (Phi) is 8.36. The highest BCUT2D eigenvalue weighted by molar-refractivity contribution is 7.14. The number of nitrogens with one attached hydrogen (secondary N) is 1. The Labute approximate surface area is 214 Å². The molecule has 0 aliphatic carbocycles. The summed E-state index contributed by atoms with van der Waals surface area (Å²) in [6.07, 6.45) is 0. The van der Waals surface area contributed by atoms with Crippen molar-refractivity contribution in [3.8, 4) is 17.0 Å². The summed E-state index contributed by atoms with van der Waals surface area (Å²) in [5, 5.41) is 6.44. The van der Waals surface area contributed by atoms with Crippen molar-refractivity contribution in [1.29, 1.82) is 0 Å². The normalized spacial score (nSPS) is 10.7. The highest BCUT2D eigenvalue weighted by Gasteiger charge is 2.16. The molecule has 35 heavy (non-hydrogen) atoms. The first kappa shape index (κ1) is 24.7. The zero-order valence-corrected chi connectivity index (χ0v) is 21.1. The second-order valence-corrected chi connectivity index (χ2v) is 9.02. The van der Waals surface area contributed by atoms with Crippen LogP contribution >= 0.6 is 22.9 Å². The fraction of sp³-hybridized carbons (Fsp3) is 0.185. The summed E-state index contributed by atoms with van der Waals surface area (Å²) in [5.41, 5.74) is 4.56. The minimum absolute atomic E-state index is 0.117. The van der Waals surface area contributed by atoms with E-state index in [4.69, 9.17) is 26.1 Å². The molecule has 0 spiro atoms. The lowest BCUT2D eigenvalue weighted by atomic mass is 10.1. The van der Waals surface area contributed by atoms with Gasteiger partial charge in [-0.05, 0) is 54.1 Å². The molecule has 1 N–H and O–H groups in total. The number of carbonyl (C=O) groups excluding carboxylic acids is 1. The molecule has 8 heteroatoms. The number of thiazole rings is 1. The van der Waals surface area contributed by atoms with Gasteiger partial charge in [0.25, 0.3) is 5.91 Å². The summed E-state index contributed by atoms with van der Waals surface area (Å²) < 4.78 is 10.3. The second-order valence-electron chi connectivity index (χ2n) is 7.75. The number of benzene rings is 3. The fourth-order valence-corrected chi connectivity index (χ4v) is 4.47. The SMILES string of the molecule is COCCNC(=O)c1ccc(CN(c2ccc(OC)cc2)c2nc(-c3ccc(Cl)cc3)cs2)cc1. The average molecular weight is 508 g/mol. The topological polar surface area (TPSA) is 63.7 Å². The minimum Gasteiger partial charge on any atom is -0.497 e. The van der Waals surface area contributed by atoms with Crippen LogP contribution in [-0.4, -0.2) is 38.3 Å². The predicted molar refractivity (Wildman–Crippen MR) is 142 cm³/mol. The number of methoxy groups -OCH3 is 2. The van der Waals surface area contributed by atoms with Gasteiger partial charge in [-0.3, -0.25) is 4.79 Å².